The average Bonchev–Trinajstić information content (AvgIpc) is 2.84. The van der Waals surface area contributed by atoms with Crippen LogP contribution in [0, 0.1) is 0 Å². The maximum absolute atomic E-state index is 12.3. The van der Waals surface area contributed by atoms with Crippen molar-refractivity contribution in [3.8, 4) is 5.75 Å². The summed E-state index contributed by atoms with van der Waals surface area (Å²) in [5.41, 5.74) is 3.28. The number of carbonyl (C=O) groups is 2. The van der Waals surface area contributed by atoms with E-state index in [0.29, 0.717) is 17.9 Å². The number of carbonyl (C=O) groups excluding carboxylic acids is 2. The summed E-state index contributed by atoms with van der Waals surface area (Å²) in [7, 11) is 0. The molecule has 0 heterocycles. The molecule has 0 bridgehead atoms. The Morgan fingerprint density at radius 1 is 0.879 bits per heavy atom. The summed E-state index contributed by atoms with van der Waals surface area (Å²) in [6, 6.07) is 24.7. The first-order valence-electron chi connectivity index (χ1n) is 11.2. The molecule has 0 radical (unpaired) electrons. The minimum atomic E-state index is -0.171. The second-order valence-electron chi connectivity index (χ2n) is 7.87. The Kier molecular flexibility index (Phi) is 8.88. The Hall–Kier alpha value is -3.80. The highest BCUT2D eigenvalue weighted by atomic mass is 16.5. The van der Waals surface area contributed by atoms with Gasteiger partial charge in [0.05, 0.1) is 13.2 Å². The normalized spacial score (nSPS) is 11.3. The third-order valence-corrected chi connectivity index (χ3v) is 5.23. The molecular weight excluding hydrogens is 414 g/mol. The molecule has 3 aromatic carbocycles. The largest absolute Gasteiger partial charge is 0.493 e. The number of hydrogen-bond acceptors (Lipinski definition) is 4. The molecule has 0 fully saturated rings. The number of anilines is 2. The molecule has 3 N–H and O–H groups in total. The van der Waals surface area contributed by atoms with Crippen LogP contribution < -0.4 is 20.7 Å². The third-order valence-electron chi connectivity index (χ3n) is 5.23. The van der Waals surface area contributed by atoms with Gasteiger partial charge in [0.2, 0.25) is 5.91 Å². The first-order valence-corrected chi connectivity index (χ1v) is 11.2. The van der Waals surface area contributed by atoms with Gasteiger partial charge < -0.3 is 20.7 Å². The summed E-state index contributed by atoms with van der Waals surface area (Å²) in [5.74, 6) is 0.504. The van der Waals surface area contributed by atoms with Crippen molar-refractivity contribution in [2.75, 3.05) is 23.8 Å². The number of nitrogens with one attached hydrogen (secondary N) is 3. The minimum Gasteiger partial charge on any atom is -0.493 e. The van der Waals surface area contributed by atoms with Crippen molar-refractivity contribution < 1.29 is 14.3 Å². The van der Waals surface area contributed by atoms with Gasteiger partial charge in [-0.15, -0.1) is 0 Å². The summed E-state index contributed by atoms with van der Waals surface area (Å²) < 4.78 is 5.79. The van der Waals surface area contributed by atoms with Gasteiger partial charge in [0.15, 0.2) is 0 Å². The van der Waals surface area contributed by atoms with Crippen molar-refractivity contribution in [1.82, 2.24) is 5.32 Å². The van der Waals surface area contributed by atoms with E-state index in [1.807, 2.05) is 56.3 Å². The van der Waals surface area contributed by atoms with Crippen molar-refractivity contribution in [3.05, 3.63) is 90.0 Å². The molecule has 0 saturated heterocycles. The van der Waals surface area contributed by atoms with Gasteiger partial charge in [0.25, 0.3) is 5.91 Å². The molecule has 6 heteroatoms. The van der Waals surface area contributed by atoms with Crippen molar-refractivity contribution in [3.63, 3.8) is 0 Å². The summed E-state index contributed by atoms with van der Waals surface area (Å²) in [6.45, 7) is 4.72. The topological polar surface area (TPSA) is 79.5 Å². The first kappa shape index (κ1) is 23.9. The fourth-order valence-corrected chi connectivity index (χ4v) is 3.10. The molecule has 0 aliphatic carbocycles. The van der Waals surface area contributed by atoms with Gasteiger partial charge >= 0.3 is 0 Å². The van der Waals surface area contributed by atoms with Crippen LogP contribution in [0.15, 0.2) is 78.9 Å². The zero-order chi connectivity index (χ0) is 23.5. The molecule has 3 aromatic rings. The predicted molar refractivity (Wildman–Crippen MR) is 133 cm³/mol. The van der Waals surface area contributed by atoms with Crippen molar-refractivity contribution >= 4 is 23.2 Å². The lowest BCUT2D eigenvalue weighted by molar-refractivity contribution is -0.114. The second-order valence-corrected chi connectivity index (χ2v) is 7.87. The Labute approximate surface area is 195 Å². The number of benzene rings is 3. The first-order chi connectivity index (χ1) is 16.0. The van der Waals surface area contributed by atoms with Gasteiger partial charge in [-0.2, -0.15) is 0 Å². The monoisotopic (exact) mass is 445 g/mol. The Balaban J connectivity index is 1.40. The standard InChI is InChI=1S/C27H31N3O3/c1-3-20(2)29-27(32)22-9-11-24(12-10-22)30-26(31)19-28-23-13-15-25(16-14-23)33-18-17-21-7-5-4-6-8-21/h4-16,20,28H,3,17-19H2,1-2H3,(H,29,32)(H,30,31). The van der Waals surface area contributed by atoms with Gasteiger partial charge in [-0.3, -0.25) is 9.59 Å². The SMILES string of the molecule is CCC(C)NC(=O)c1ccc(NC(=O)CNc2ccc(OCCc3ccccc3)cc2)cc1. The summed E-state index contributed by atoms with van der Waals surface area (Å²) in [5, 5.41) is 8.85. The lowest BCUT2D eigenvalue weighted by Crippen LogP contribution is -2.31. The molecule has 172 valence electrons. The highest BCUT2D eigenvalue weighted by Crippen LogP contribution is 2.16. The van der Waals surface area contributed by atoms with Crippen LogP contribution >= 0.6 is 0 Å². The van der Waals surface area contributed by atoms with Crippen LogP contribution in [0.5, 0.6) is 5.75 Å². The number of amides is 2. The van der Waals surface area contributed by atoms with Crippen molar-refractivity contribution in [2.24, 2.45) is 0 Å². The molecule has 2 amide bonds. The maximum Gasteiger partial charge on any atom is 0.251 e. The van der Waals surface area contributed by atoms with Crippen LogP contribution in [0.3, 0.4) is 0 Å². The van der Waals surface area contributed by atoms with Gasteiger partial charge in [0.1, 0.15) is 5.75 Å². The van der Waals surface area contributed by atoms with Crippen LogP contribution in [0.1, 0.15) is 36.2 Å². The molecular formula is C27H31N3O3. The van der Waals surface area contributed by atoms with Crippen LogP contribution in [0.25, 0.3) is 0 Å². The summed E-state index contributed by atoms with van der Waals surface area (Å²) >= 11 is 0. The Bertz CT molecular complexity index is 1020. The van der Waals surface area contributed by atoms with E-state index in [9.17, 15) is 9.59 Å². The number of rotatable bonds is 11. The molecule has 1 atom stereocenters. The van der Waals surface area contributed by atoms with E-state index >= 15 is 0 Å². The molecule has 0 aliphatic heterocycles. The summed E-state index contributed by atoms with van der Waals surface area (Å²) in [6.07, 6.45) is 1.72. The fourth-order valence-electron chi connectivity index (χ4n) is 3.10. The summed E-state index contributed by atoms with van der Waals surface area (Å²) in [4.78, 5) is 24.4. The van der Waals surface area contributed by atoms with Gasteiger partial charge in [-0.1, -0.05) is 37.3 Å². The van der Waals surface area contributed by atoms with E-state index in [1.54, 1.807) is 24.3 Å². The van der Waals surface area contributed by atoms with Crippen LogP contribution in [-0.2, 0) is 11.2 Å². The van der Waals surface area contributed by atoms with E-state index in [0.717, 1.165) is 24.3 Å². The van der Waals surface area contributed by atoms with E-state index in [1.165, 1.54) is 5.56 Å². The third kappa shape index (κ3) is 8.00. The Morgan fingerprint density at radius 2 is 1.55 bits per heavy atom. The minimum absolute atomic E-state index is 0.114. The molecule has 0 saturated carbocycles. The van der Waals surface area contributed by atoms with E-state index in [4.69, 9.17) is 4.74 Å². The highest BCUT2D eigenvalue weighted by Gasteiger charge is 2.09. The molecule has 0 aliphatic rings. The molecule has 3 rings (SSSR count). The predicted octanol–water partition coefficient (Wildman–Crippen LogP) is 4.89. The molecule has 0 spiro atoms. The van der Waals surface area contributed by atoms with Gasteiger partial charge in [-0.25, -0.2) is 0 Å². The smallest absolute Gasteiger partial charge is 0.251 e. The van der Waals surface area contributed by atoms with Gasteiger partial charge in [0, 0.05) is 29.4 Å². The quantitative estimate of drug-likeness (QED) is 0.393. The van der Waals surface area contributed by atoms with Gasteiger partial charge in [-0.05, 0) is 67.4 Å². The van der Waals surface area contributed by atoms with Crippen LogP contribution in [-0.4, -0.2) is 31.0 Å². The van der Waals surface area contributed by atoms with E-state index in [-0.39, 0.29) is 24.4 Å². The number of hydrogen-bond donors (Lipinski definition) is 3. The molecule has 6 nitrogen and oxygen atoms in total. The van der Waals surface area contributed by atoms with Crippen molar-refractivity contribution in [1.29, 1.82) is 0 Å². The lowest BCUT2D eigenvalue weighted by Gasteiger charge is -2.12. The zero-order valence-electron chi connectivity index (χ0n) is 19.1. The highest BCUT2D eigenvalue weighted by molar-refractivity contribution is 5.96. The molecule has 33 heavy (non-hydrogen) atoms. The van der Waals surface area contributed by atoms with E-state index in [2.05, 4.69) is 28.1 Å². The Morgan fingerprint density at radius 3 is 2.21 bits per heavy atom. The van der Waals surface area contributed by atoms with E-state index < -0.39 is 0 Å². The van der Waals surface area contributed by atoms with Crippen LogP contribution in [0.4, 0.5) is 11.4 Å². The van der Waals surface area contributed by atoms with Crippen molar-refractivity contribution in [2.45, 2.75) is 32.7 Å². The molecule has 0 aromatic heterocycles. The average molecular weight is 446 g/mol. The van der Waals surface area contributed by atoms with Crippen LogP contribution in [0.2, 0.25) is 0 Å². The fraction of sp³-hybridized carbons (Fsp3) is 0.259. The lowest BCUT2D eigenvalue weighted by atomic mass is 10.1. The zero-order valence-corrected chi connectivity index (χ0v) is 19.1. The molecule has 1 unspecified atom stereocenters. The second kappa shape index (κ2) is 12.3. The maximum atomic E-state index is 12.3. The number of ether oxygens (including phenoxy) is 1.